The lowest BCUT2D eigenvalue weighted by Gasteiger charge is -2.04. The van der Waals surface area contributed by atoms with Gasteiger partial charge in [0.2, 0.25) is 0 Å². The molecule has 0 aliphatic rings. The number of fused-ring (bicyclic) bond motifs is 1. The van der Waals surface area contributed by atoms with Crippen LogP contribution in [0.1, 0.15) is 0 Å². The summed E-state index contributed by atoms with van der Waals surface area (Å²) in [5, 5.41) is 4.99. The highest BCUT2D eigenvalue weighted by atomic mass is 35.5. The number of thiophene rings is 1. The third-order valence-electron chi connectivity index (χ3n) is 2.83. The molecule has 0 fully saturated rings. The zero-order valence-corrected chi connectivity index (χ0v) is 12.9. The fraction of sp³-hybridized carbons (Fsp3) is 0.0667. The van der Waals surface area contributed by atoms with E-state index < -0.39 is 0 Å². The average Bonchev–Trinajstić information content (AvgIpc) is 2.90. The second kappa shape index (κ2) is 5.95. The molecule has 3 rings (SSSR count). The molecule has 0 atom stereocenters. The molecular formula is C15H11ClN2S2. The van der Waals surface area contributed by atoms with Gasteiger partial charge in [-0.25, -0.2) is 9.97 Å². The molecule has 0 spiro atoms. The summed E-state index contributed by atoms with van der Waals surface area (Å²) in [5.41, 5.74) is 2.30. The van der Waals surface area contributed by atoms with Crippen molar-refractivity contribution in [2.75, 3.05) is 5.75 Å². The van der Waals surface area contributed by atoms with Crippen LogP contribution in [0, 0.1) is 0 Å². The minimum atomic E-state index is 0.741. The Morgan fingerprint density at radius 2 is 2.05 bits per heavy atom. The second-order valence-corrected chi connectivity index (χ2v) is 6.42. The normalized spacial score (nSPS) is 10.8. The molecule has 20 heavy (non-hydrogen) atoms. The van der Waals surface area contributed by atoms with Crippen LogP contribution in [0.2, 0.25) is 5.02 Å². The Morgan fingerprint density at radius 3 is 2.80 bits per heavy atom. The first kappa shape index (κ1) is 13.6. The first-order valence-corrected chi connectivity index (χ1v) is 8.25. The highest BCUT2D eigenvalue weighted by Gasteiger charge is 2.12. The molecule has 1 aromatic carbocycles. The lowest BCUT2D eigenvalue weighted by atomic mass is 10.1. The summed E-state index contributed by atoms with van der Waals surface area (Å²) >= 11 is 9.27. The van der Waals surface area contributed by atoms with Gasteiger partial charge in [0.1, 0.15) is 16.2 Å². The fourth-order valence-corrected chi connectivity index (χ4v) is 3.79. The maximum absolute atomic E-state index is 5.95. The van der Waals surface area contributed by atoms with Crippen LogP contribution in [0.3, 0.4) is 0 Å². The van der Waals surface area contributed by atoms with Gasteiger partial charge in [-0.05, 0) is 17.7 Å². The summed E-state index contributed by atoms with van der Waals surface area (Å²) in [6.45, 7) is 3.76. The number of thioether (sulfide) groups is 1. The molecule has 0 saturated heterocycles. The van der Waals surface area contributed by atoms with Crippen LogP contribution in [0.5, 0.6) is 0 Å². The monoisotopic (exact) mass is 318 g/mol. The van der Waals surface area contributed by atoms with Crippen molar-refractivity contribution in [2.24, 2.45) is 0 Å². The molecule has 0 aliphatic heterocycles. The topological polar surface area (TPSA) is 25.8 Å². The van der Waals surface area contributed by atoms with E-state index in [9.17, 15) is 0 Å². The molecule has 0 saturated carbocycles. The Labute approximate surface area is 130 Å². The number of hydrogen-bond acceptors (Lipinski definition) is 4. The van der Waals surface area contributed by atoms with Gasteiger partial charge in [-0.2, -0.15) is 0 Å². The molecule has 2 aromatic heterocycles. The number of aromatic nitrogens is 2. The van der Waals surface area contributed by atoms with E-state index in [-0.39, 0.29) is 0 Å². The predicted octanol–water partition coefficient (Wildman–Crippen LogP) is 5.29. The highest BCUT2D eigenvalue weighted by molar-refractivity contribution is 7.99. The molecule has 100 valence electrons. The average molecular weight is 319 g/mol. The van der Waals surface area contributed by atoms with Crippen LogP contribution in [-0.2, 0) is 0 Å². The molecule has 3 aromatic rings. The van der Waals surface area contributed by atoms with Crippen LogP contribution >= 0.6 is 34.7 Å². The number of hydrogen-bond donors (Lipinski definition) is 0. The van der Waals surface area contributed by atoms with Gasteiger partial charge < -0.3 is 0 Å². The zero-order chi connectivity index (χ0) is 13.9. The van der Waals surface area contributed by atoms with Crippen molar-refractivity contribution in [2.45, 2.75) is 5.03 Å². The van der Waals surface area contributed by atoms with E-state index in [1.54, 1.807) is 29.4 Å². The molecular weight excluding hydrogens is 308 g/mol. The number of nitrogens with zero attached hydrogens (tertiary/aromatic N) is 2. The summed E-state index contributed by atoms with van der Waals surface area (Å²) in [5.74, 6) is 0.835. The molecule has 0 amide bonds. The van der Waals surface area contributed by atoms with Gasteiger partial charge >= 0.3 is 0 Å². The molecule has 0 aliphatic carbocycles. The van der Waals surface area contributed by atoms with Gasteiger partial charge in [0.15, 0.2) is 0 Å². The third-order valence-corrected chi connectivity index (χ3v) is 4.95. The summed E-state index contributed by atoms with van der Waals surface area (Å²) in [6.07, 6.45) is 3.50. The predicted molar refractivity (Wildman–Crippen MR) is 88.8 cm³/mol. The Morgan fingerprint density at radius 1 is 1.25 bits per heavy atom. The van der Waals surface area contributed by atoms with E-state index in [0.29, 0.717) is 0 Å². The fourth-order valence-electron chi connectivity index (χ4n) is 1.94. The molecule has 0 radical (unpaired) electrons. The van der Waals surface area contributed by atoms with Gasteiger partial charge in [0.05, 0.1) is 5.39 Å². The van der Waals surface area contributed by atoms with E-state index in [2.05, 4.69) is 21.9 Å². The van der Waals surface area contributed by atoms with Gasteiger partial charge in [-0.3, -0.25) is 0 Å². The maximum Gasteiger partial charge on any atom is 0.128 e. The second-order valence-electron chi connectivity index (χ2n) is 4.11. The number of rotatable bonds is 4. The minimum absolute atomic E-state index is 0.741. The van der Waals surface area contributed by atoms with Crippen molar-refractivity contribution in [1.29, 1.82) is 0 Å². The minimum Gasteiger partial charge on any atom is -0.229 e. The SMILES string of the molecule is C=CCSc1ncnc2scc(-c3ccc(Cl)cc3)c12. The number of halogens is 1. The Kier molecular flexibility index (Phi) is 4.05. The van der Waals surface area contributed by atoms with Crippen molar-refractivity contribution >= 4 is 44.9 Å². The van der Waals surface area contributed by atoms with E-state index in [4.69, 9.17) is 11.6 Å². The Bertz CT molecular complexity index is 750. The number of benzene rings is 1. The van der Waals surface area contributed by atoms with Crippen LogP contribution in [0.25, 0.3) is 21.3 Å². The van der Waals surface area contributed by atoms with E-state index in [1.807, 2.05) is 30.3 Å². The van der Waals surface area contributed by atoms with Gasteiger partial charge in [0, 0.05) is 21.7 Å². The smallest absolute Gasteiger partial charge is 0.128 e. The highest BCUT2D eigenvalue weighted by Crippen LogP contribution is 2.38. The largest absolute Gasteiger partial charge is 0.229 e. The van der Waals surface area contributed by atoms with Crippen molar-refractivity contribution in [3.63, 3.8) is 0 Å². The van der Waals surface area contributed by atoms with Gasteiger partial charge in [0.25, 0.3) is 0 Å². The van der Waals surface area contributed by atoms with E-state index in [0.717, 1.165) is 37.1 Å². The lowest BCUT2D eigenvalue weighted by Crippen LogP contribution is -1.86. The van der Waals surface area contributed by atoms with Gasteiger partial charge in [-0.1, -0.05) is 29.8 Å². The molecule has 0 N–H and O–H groups in total. The lowest BCUT2D eigenvalue weighted by molar-refractivity contribution is 1.11. The van der Waals surface area contributed by atoms with E-state index >= 15 is 0 Å². The summed E-state index contributed by atoms with van der Waals surface area (Å²) < 4.78 is 0. The standard InChI is InChI=1S/C15H11ClN2S2/c1-2-7-19-14-13-12(8-20-15(13)18-9-17-14)10-3-5-11(16)6-4-10/h2-6,8-9H,1,7H2. The van der Waals surface area contributed by atoms with Crippen LogP contribution in [0.4, 0.5) is 0 Å². The summed E-state index contributed by atoms with van der Waals surface area (Å²) in [6, 6.07) is 7.86. The molecule has 0 unspecified atom stereocenters. The third kappa shape index (κ3) is 2.59. The van der Waals surface area contributed by atoms with Crippen molar-refractivity contribution in [3.05, 3.63) is 53.7 Å². The molecule has 2 nitrogen and oxygen atoms in total. The van der Waals surface area contributed by atoms with Crippen molar-refractivity contribution < 1.29 is 0 Å². The maximum atomic E-state index is 5.95. The van der Waals surface area contributed by atoms with Crippen molar-refractivity contribution in [3.8, 4) is 11.1 Å². The van der Waals surface area contributed by atoms with Crippen LogP contribution < -0.4 is 0 Å². The van der Waals surface area contributed by atoms with Crippen LogP contribution in [0.15, 0.2) is 53.7 Å². The first-order chi connectivity index (χ1) is 9.79. The van der Waals surface area contributed by atoms with E-state index in [1.165, 1.54) is 0 Å². The van der Waals surface area contributed by atoms with Crippen LogP contribution in [-0.4, -0.2) is 15.7 Å². The van der Waals surface area contributed by atoms with Gasteiger partial charge in [-0.15, -0.1) is 29.7 Å². The first-order valence-electron chi connectivity index (χ1n) is 6.01. The quantitative estimate of drug-likeness (QED) is 0.371. The van der Waals surface area contributed by atoms with Crippen molar-refractivity contribution in [1.82, 2.24) is 9.97 Å². The molecule has 0 bridgehead atoms. The summed E-state index contributed by atoms with van der Waals surface area (Å²) in [4.78, 5) is 9.77. The summed E-state index contributed by atoms with van der Waals surface area (Å²) in [7, 11) is 0. The Hall–Kier alpha value is -1.36. The zero-order valence-electron chi connectivity index (χ0n) is 10.5. The Balaban J connectivity index is 2.15. The molecule has 5 heteroatoms. The molecule has 2 heterocycles.